The Morgan fingerprint density at radius 2 is 1.86 bits per heavy atom. The third-order valence-electron chi connectivity index (χ3n) is 4.88. The molecule has 1 fully saturated rings. The first-order valence-electron chi connectivity index (χ1n) is 8.02. The van der Waals surface area contributed by atoms with Crippen LogP contribution in [0.15, 0.2) is 47.8 Å². The number of nitrogens with zero attached hydrogens (tertiary/aromatic N) is 1. The minimum Gasteiger partial charge on any atom is -0.303 e. The predicted octanol–water partition coefficient (Wildman–Crippen LogP) is 4.37. The zero-order chi connectivity index (χ0) is 15.4. The van der Waals surface area contributed by atoms with E-state index in [1.54, 1.807) is 11.3 Å². The first-order valence-corrected chi connectivity index (χ1v) is 8.90. The largest absolute Gasteiger partial charge is 0.303 e. The van der Waals surface area contributed by atoms with Gasteiger partial charge >= 0.3 is 0 Å². The fourth-order valence-corrected chi connectivity index (χ4v) is 3.91. The summed E-state index contributed by atoms with van der Waals surface area (Å²) in [5.74, 6) is 0.284. The van der Waals surface area contributed by atoms with Gasteiger partial charge in [0.15, 0.2) is 5.78 Å². The number of hydrogen-bond donors (Lipinski definition) is 0. The van der Waals surface area contributed by atoms with Crippen LogP contribution in [0, 0.1) is 0 Å². The highest BCUT2D eigenvalue weighted by molar-refractivity contribution is 7.12. The normalized spacial score (nSPS) is 18.2. The standard InChI is InChI=1S/C19H23NOS/c1-19(16-6-3-2-4-7-16)10-13-20(14-11-19)12-9-17(21)18-8-5-15-22-18/h2-8,15H,9-14H2,1H3. The molecule has 0 spiro atoms. The maximum absolute atomic E-state index is 12.1. The lowest BCUT2D eigenvalue weighted by molar-refractivity contribution is 0.0951. The lowest BCUT2D eigenvalue weighted by Gasteiger charge is -2.39. The Hall–Kier alpha value is -1.45. The van der Waals surface area contributed by atoms with Gasteiger partial charge in [0.25, 0.3) is 0 Å². The van der Waals surface area contributed by atoms with Crippen LogP contribution in [-0.2, 0) is 5.41 Å². The van der Waals surface area contributed by atoms with E-state index in [1.807, 2.05) is 17.5 Å². The number of hydrogen-bond acceptors (Lipinski definition) is 3. The van der Waals surface area contributed by atoms with Gasteiger partial charge in [-0.25, -0.2) is 0 Å². The molecular weight excluding hydrogens is 290 g/mol. The van der Waals surface area contributed by atoms with E-state index in [4.69, 9.17) is 0 Å². The Kier molecular flexibility index (Phi) is 4.74. The zero-order valence-corrected chi connectivity index (χ0v) is 13.9. The second kappa shape index (κ2) is 6.76. The van der Waals surface area contributed by atoms with Crippen LogP contribution < -0.4 is 0 Å². The first-order chi connectivity index (χ1) is 10.7. The number of carbonyl (C=O) groups excluding carboxylic acids is 1. The summed E-state index contributed by atoms with van der Waals surface area (Å²) >= 11 is 1.55. The number of ketones is 1. The van der Waals surface area contributed by atoms with Gasteiger partial charge in [0, 0.05) is 13.0 Å². The molecule has 0 N–H and O–H groups in total. The van der Waals surface area contributed by atoms with Crippen molar-refractivity contribution in [1.82, 2.24) is 4.90 Å². The molecule has 0 unspecified atom stereocenters. The van der Waals surface area contributed by atoms with Crippen LogP contribution in [0.5, 0.6) is 0 Å². The first kappa shape index (κ1) is 15.4. The van der Waals surface area contributed by atoms with Crippen molar-refractivity contribution in [3.05, 3.63) is 58.3 Å². The summed E-state index contributed by atoms with van der Waals surface area (Å²) in [6, 6.07) is 14.7. The summed E-state index contributed by atoms with van der Waals surface area (Å²) in [5, 5.41) is 1.97. The van der Waals surface area contributed by atoms with Gasteiger partial charge in [0.1, 0.15) is 0 Å². The van der Waals surface area contributed by atoms with Crippen molar-refractivity contribution >= 4 is 17.1 Å². The van der Waals surface area contributed by atoms with Crippen molar-refractivity contribution in [3.8, 4) is 0 Å². The van der Waals surface area contributed by atoms with Gasteiger partial charge in [-0.3, -0.25) is 4.79 Å². The second-order valence-corrected chi connectivity index (χ2v) is 7.37. The highest BCUT2D eigenvalue weighted by atomic mass is 32.1. The van der Waals surface area contributed by atoms with Crippen molar-refractivity contribution < 1.29 is 4.79 Å². The van der Waals surface area contributed by atoms with E-state index in [0.29, 0.717) is 6.42 Å². The molecule has 3 rings (SSSR count). The molecule has 116 valence electrons. The summed E-state index contributed by atoms with van der Waals surface area (Å²) in [7, 11) is 0. The van der Waals surface area contributed by atoms with E-state index in [0.717, 1.165) is 24.5 Å². The topological polar surface area (TPSA) is 20.3 Å². The van der Waals surface area contributed by atoms with Crippen LogP contribution >= 0.6 is 11.3 Å². The van der Waals surface area contributed by atoms with Crippen LogP contribution in [-0.4, -0.2) is 30.3 Å². The molecule has 0 radical (unpaired) electrons. The molecule has 1 aromatic heterocycles. The van der Waals surface area contributed by atoms with Crippen molar-refractivity contribution in [2.45, 2.75) is 31.6 Å². The number of rotatable bonds is 5. The van der Waals surface area contributed by atoms with E-state index in [2.05, 4.69) is 42.2 Å². The molecule has 1 aliphatic heterocycles. The zero-order valence-electron chi connectivity index (χ0n) is 13.1. The highest BCUT2D eigenvalue weighted by Gasteiger charge is 2.31. The Balaban J connectivity index is 1.51. The van der Waals surface area contributed by atoms with Crippen LogP contribution in [0.3, 0.4) is 0 Å². The van der Waals surface area contributed by atoms with E-state index < -0.39 is 0 Å². The van der Waals surface area contributed by atoms with Gasteiger partial charge in [-0.2, -0.15) is 0 Å². The molecule has 0 saturated carbocycles. The lowest BCUT2D eigenvalue weighted by atomic mass is 9.74. The molecule has 0 aliphatic carbocycles. The Morgan fingerprint density at radius 1 is 1.14 bits per heavy atom. The quantitative estimate of drug-likeness (QED) is 0.764. The molecular formula is C19H23NOS. The average Bonchev–Trinajstić information content (AvgIpc) is 3.09. The summed E-state index contributed by atoms with van der Waals surface area (Å²) in [6.07, 6.45) is 2.98. The maximum atomic E-state index is 12.1. The predicted molar refractivity (Wildman–Crippen MR) is 92.7 cm³/mol. The van der Waals surface area contributed by atoms with Crippen LogP contribution in [0.2, 0.25) is 0 Å². The van der Waals surface area contributed by atoms with Gasteiger partial charge in [-0.1, -0.05) is 43.3 Å². The molecule has 2 aromatic rings. The van der Waals surface area contributed by atoms with Crippen molar-refractivity contribution in [3.63, 3.8) is 0 Å². The van der Waals surface area contributed by atoms with E-state index in [-0.39, 0.29) is 11.2 Å². The Bertz CT molecular complexity index is 598. The monoisotopic (exact) mass is 313 g/mol. The third-order valence-corrected chi connectivity index (χ3v) is 5.79. The van der Waals surface area contributed by atoms with Crippen molar-refractivity contribution in [2.75, 3.05) is 19.6 Å². The van der Waals surface area contributed by atoms with Crippen LogP contribution in [0.25, 0.3) is 0 Å². The Labute approximate surface area is 136 Å². The minimum absolute atomic E-state index is 0.284. The van der Waals surface area contributed by atoms with Gasteiger partial charge in [0.05, 0.1) is 4.88 Å². The molecule has 0 bridgehead atoms. The van der Waals surface area contributed by atoms with Gasteiger partial charge in [-0.05, 0) is 48.4 Å². The van der Waals surface area contributed by atoms with Crippen LogP contribution in [0.1, 0.15) is 41.4 Å². The summed E-state index contributed by atoms with van der Waals surface area (Å²) in [6.45, 7) is 5.43. The van der Waals surface area contributed by atoms with Crippen molar-refractivity contribution in [1.29, 1.82) is 0 Å². The number of piperidine rings is 1. The molecule has 2 heterocycles. The van der Waals surface area contributed by atoms with Crippen molar-refractivity contribution in [2.24, 2.45) is 0 Å². The number of benzene rings is 1. The van der Waals surface area contributed by atoms with Crippen LogP contribution in [0.4, 0.5) is 0 Å². The molecule has 0 amide bonds. The highest BCUT2D eigenvalue weighted by Crippen LogP contribution is 2.34. The number of thiophene rings is 1. The fraction of sp³-hybridized carbons (Fsp3) is 0.421. The van der Waals surface area contributed by atoms with E-state index >= 15 is 0 Å². The molecule has 1 saturated heterocycles. The van der Waals surface area contributed by atoms with E-state index in [1.165, 1.54) is 18.4 Å². The number of likely N-dealkylation sites (tertiary alicyclic amines) is 1. The summed E-state index contributed by atoms with van der Waals surface area (Å²) in [4.78, 5) is 15.4. The molecule has 2 nitrogen and oxygen atoms in total. The second-order valence-electron chi connectivity index (χ2n) is 6.42. The number of carbonyl (C=O) groups is 1. The molecule has 1 aliphatic rings. The fourth-order valence-electron chi connectivity index (χ4n) is 3.22. The molecule has 3 heteroatoms. The smallest absolute Gasteiger partial charge is 0.174 e. The Morgan fingerprint density at radius 3 is 2.50 bits per heavy atom. The molecule has 22 heavy (non-hydrogen) atoms. The average molecular weight is 313 g/mol. The number of Topliss-reactive ketones (excluding diaryl/α,β-unsaturated/α-hetero) is 1. The molecule has 1 aromatic carbocycles. The van der Waals surface area contributed by atoms with Gasteiger partial charge < -0.3 is 4.90 Å². The van der Waals surface area contributed by atoms with Gasteiger partial charge in [0.2, 0.25) is 0 Å². The molecule has 0 atom stereocenters. The summed E-state index contributed by atoms with van der Waals surface area (Å²) < 4.78 is 0. The van der Waals surface area contributed by atoms with Gasteiger partial charge in [-0.15, -0.1) is 11.3 Å². The lowest BCUT2D eigenvalue weighted by Crippen LogP contribution is -2.41. The SMILES string of the molecule is CC1(c2ccccc2)CCN(CCC(=O)c2cccs2)CC1. The van der Waals surface area contributed by atoms with E-state index in [9.17, 15) is 4.79 Å². The minimum atomic E-state index is 0.284. The maximum Gasteiger partial charge on any atom is 0.174 e. The summed E-state index contributed by atoms with van der Waals surface area (Å²) in [5.41, 5.74) is 1.74. The third kappa shape index (κ3) is 3.47.